The van der Waals surface area contributed by atoms with Crippen LogP contribution in [0.25, 0.3) is 0 Å². The zero-order valence-electron chi connectivity index (χ0n) is 16.1. The first-order valence-corrected chi connectivity index (χ1v) is 9.09. The second kappa shape index (κ2) is 8.99. The molecule has 170 valence electrons. The lowest BCUT2D eigenvalue weighted by Crippen LogP contribution is -2.59. The van der Waals surface area contributed by atoms with Gasteiger partial charge >= 0.3 is 6.18 Å². The highest BCUT2D eigenvalue weighted by molar-refractivity contribution is 5.94. The second-order valence-electron chi connectivity index (χ2n) is 6.90. The smallest absolute Gasteiger partial charge is 0.380 e. The first-order chi connectivity index (χ1) is 15.0. The summed E-state index contributed by atoms with van der Waals surface area (Å²) in [6.45, 7) is -1.01. The van der Waals surface area contributed by atoms with Crippen LogP contribution in [0.3, 0.4) is 0 Å². The maximum absolute atomic E-state index is 15.5. The third-order valence-corrected chi connectivity index (χ3v) is 4.69. The summed E-state index contributed by atoms with van der Waals surface area (Å²) >= 11 is 0. The highest BCUT2D eigenvalue weighted by atomic mass is 19.4. The summed E-state index contributed by atoms with van der Waals surface area (Å²) in [5, 5.41) is 16.2. The molecule has 2 aromatic carbocycles. The van der Waals surface area contributed by atoms with Crippen LogP contribution in [0.15, 0.2) is 61.2 Å². The number of carbonyl (C=O) groups excluding carboxylic acids is 1. The number of carbonyl (C=O) groups is 1. The third kappa shape index (κ3) is 4.90. The zero-order chi connectivity index (χ0) is 23.5. The second-order valence-corrected chi connectivity index (χ2v) is 6.90. The van der Waals surface area contributed by atoms with Gasteiger partial charge in [-0.15, -0.1) is 0 Å². The van der Waals surface area contributed by atoms with Crippen molar-refractivity contribution in [3.05, 3.63) is 83.9 Å². The summed E-state index contributed by atoms with van der Waals surface area (Å²) in [5.74, 6) is -3.83. The van der Waals surface area contributed by atoms with Crippen molar-refractivity contribution in [2.24, 2.45) is 0 Å². The lowest BCUT2D eigenvalue weighted by atomic mass is 9.84. The van der Waals surface area contributed by atoms with E-state index in [2.05, 4.69) is 10.1 Å². The standard InChI is InChI=1S/C20H16F6N4O2/c21-13-6-7-14(15(22)8-13)19(32,9-30-11-27-10-28-30)16(23)17(20(24,25)26)29-18(31)12-4-2-1-3-5-12/h1-8,10-11,16-17,32H,9H2,(H,29,31). The molecule has 12 heteroatoms. The predicted molar refractivity (Wildman–Crippen MR) is 98.9 cm³/mol. The van der Waals surface area contributed by atoms with Crippen LogP contribution in [-0.2, 0) is 12.1 Å². The molecule has 0 radical (unpaired) electrons. The van der Waals surface area contributed by atoms with E-state index in [0.717, 1.165) is 17.3 Å². The summed E-state index contributed by atoms with van der Waals surface area (Å²) < 4.78 is 85.4. The molecule has 0 bridgehead atoms. The number of nitrogens with zero attached hydrogens (tertiary/aromatic N) is 3. The minimum atomic E-state index is -5.38. The molecule has 3 unspecified atom stereocenters. The van der Waals surface area contributed by atoms with Crippen LogP contribution in [0.1, 0.15) is 15.9 Å². The molecule has 3 aromatic rings. The fraction of sp³-hybridized carbons (Fsp3) is 0.250. The van der Waals surface area contributed by atoms with Crippen molar-refractivity contribution in [1.82, 2.24) is 20.1 Å². The number of halogens is 6. The summed E-state index contributed by atoms with van der Waals surface area (Å²) in [6, 6.07) is 5.04. The Hall–Kier alpha value is -3.41. The Kier molecular flexibility index (Phi) is 6.53. The number of aliphatic hydroxyl groups is 1. The molecule has 6 nitrogen and oxygen atoms in total. The zero-order valence-corrected chi connectivity index (χ0v) is 16.1. The Morgan fingerprint density at radius 1 is 1.12 bits per heavy atom. The number of nitrogens with one attached hydrogen (secondary N) is 1. The van der Waals surface area contributed by atoms with Crippen molar-refractivity contribution in [3.63, 3.8) is 0 Å². The molecule has 3 atom stereocenters. The molecule has 0 aliphatic rings. The van der Waals surface area contributed by atoms with Gasteiger partial charge in [-0.25, -0.2) is 22.8 Å². The molecule has 1 amide bonds. The molecule has 2 N–H and O–H groups in total. The van der Waals surface area contributed by atoms with Gasteiger partial charge in [0.2, 0.25) is 0 Å². The van der Waals surface area contributed by atoms with Gasteiger partial charge < -0.3 is 10.4 Å². The van der Waals surface area contributed by atoms with Gasteiger partial charge in [0.15, 0.2) is 12.2 Å². The summed E-state index contributed by atoms with van der Waals surface area (Å²) in [7, 11) is 0. The van der Waals surface area contributed by atoms with Crippen LogP contribution in [0.5, 0.6) is 0 Å². The van der Waals surface area contributed by atoms with Gasteiger partial charge in [0, 0.05) is 17.2 Å². The van der Waals surface area contributed by atoms with E-state index in [1.165, 1.54) is 35.6 Å². The first-order valence-electron chi connectivity index (χ1n) is 9.09. The quantitative estimate of drug-likeness (QED) is 0.534. The molecule has 0 saturated heterocycles. The number of rotatable bonds is 7. The molecule has 0 fully saturated rings. The van der Waals surface area contributed by atoms with Crippen LogP contribution in [0.2, 0.25) is 0 Å². The van der Waals surface area contributed by atoms with Crippen LogP contribution in [-0.4, -0.2) is 44.2 Å². The van der Waals surface area contributed by atoms with Crippen molar-refractivity contribution in [2.75, 3.05) is 0 Å². The molecule has 3 rings (SSSR count). The van der Waals surface area contributed by atoms with Crippen LogP contribution in [0, 0.1) is 11.6 Å². The van der Waals surface area contributed by atoms with Crippen molar-refractivity contribution in [1.29, 1.82) is 0 Å². The number of hydrogen-bond acceptors (Lipinski definition) is 4. The molecule has 0 spiro atoms. The van der Waals surface area contributed by atoms with Crippen LogP contribution < -0.4 is 5.32 Å². The normalized spacial score (nSPS) is 15.6. The van der Waals surface area contributed by atoms with E-state index in [9.17, 15) is 31.9 Å². The van der Waals surface area contributed by atoms with Crippen LogP contribution >= 0.6 is 0 Å². The highest BCUT2D eigenvalue weighted by Gasteiger charge is 2.56. The van der Waals surface area contributed by atoms with Crippen LogP contribution in [0.4, 0.5) is 26.3 Å². The summed E-state index contributed by atoms with van der Waals surface area (Å²) in [6.07, 6.45) is -6.77. The number of hydrogen-bond donors (Lipinski definition) is 2. The molecular weight excluding hydrogens is 442 g/mol. The van der Waals surface area contributed by atoms with Gasteiger partial charge in [-0.2, -0.15) is 18.3 Å². The summed E-state index contributed by atoms with van der Waals surface area (Å²) in [5.41, 5.74) is -4.36. The Morgan fingerprint density at radius 2 is 1.81 bits per heavy atom. The number of aromatic nitrogens is 3. The van der Waals surface area contributed by atoms with E-state index >= 15 is 4.39 Å². The van der Waals surface area contributed by atoms with E-state index < -0.39 is 53.6 Å². The average molecular weight is 458 g/mol. The average Bonchev–Trinajstić information content (AvgIpc) is 3.23. The molecule has 1 heterocycles. The number of alkyl halides is 4. The van der Waals surface area contributed by atoms with Crippen molar-refractivity contribution < 1.29 is 36.2 Å². The predicted octanol–water partition coefficient (Wildman–Crippen LogP) is 3.14. The van der Waals surface area contributed by atoms with Gasteiger partial charge in [0.1, 0.15) is 29.9 Å². The molecule has 32 heavy (non-hydrogen) atoms. The number of amides is 1. The van der Waals surface area contributed by atoms with Gasteiger partial charge in [0.25, 0.3) is 5.91 Å². The Bertz CT molecular complexity index is 1060. The molecule has 0 aliphatic heterocycles. The first kappa shape index (κ1) is 23.3. The van der Waals surface area contributed by atoms with Crippen molar-refractivity contribution >= 4 is 5.91 Å². The Morgan fingerprint density at radius 3 is 2.38 bits per heavy atom. The molecular formula is C20H16F6N4O2. The Labute approximate surface area is 177 Å². The van der Waals surface area contributed by atoms with Crippen molar-refractivity contribution in [3.8, 4) is 0 Å². The molecule has 1 aromatic heterocycles. The van der Waals surface area contributed by atoms with Gasteiger partial charge in [0.05, 0.1) is 6.54 Å². The SMILES string of the molecule is O=C(NC(C(F)C(O)(Cn1cncn1)c1ccc(F)cc1F)C(F)(F)F)c1ccccc1. The maximum atomic E-state index is 15.5. The lowest BCUT2D eigenvalue weighted by molar-refractivity contribution is -0.194. The van der Waals surface area contributed by atoms with E-state index in [1.54, 1.807) is 0 Å². The monoisotopic (exact) mass is 458 g/mol. The lowest BCUT2D eigenvalue weighted by Gasteiger charge is -2.37. The largest absolute Gasteiger partial charge is 0.411 e. The fourth-order valence-electron chi connectivity index (χ4n) is 3.13. The van der Waals surface area contributed by atoms with Crippen molar-refractivity contribution in [2.45, 2.75) is 30.5 Å². The van der Waals surface area contributed by atoms with E-state index in [-0.39, 0.29) is 5.56 Å². The minimum absolute atomic E-state index is 0.193. The Balaban J connectivity index is 2.05. The van der Waals surface area contributed by atoms with E-state index in [4.69, 9.17) is 0 Å². The maximum Gasteiger partial charge on any atom is 0.411 e. The van der Waals surface area contributed by atoms with Gasteiger partial charge in [-0.05, 0) is 18.2 Å². The van der Waals surface area contributed by atoms with E-state index in [0.29, 0.717) is 18.2 Å². The third-order valence-electron chi connectivity index (χ3n) is 4.69. The highest BCUT2D eigenvalue weighted by Crippen LogP contribution is 2.38. The van der Waals surface area contributed by atoms with Gasteiger partial charge in [-0.3, -0.25) is 4.79 Å². The topological polar surface area (TPSA) is 80.0 Å². The van der Waals surface area contributed by atoms with E-state index in [1.807, 2.05) is 0 Å². The number of benzene rings is 2. The van der Waals surface area contributed by atoms with Gasteiger partial charge in [-0.1, -0.05) is 24.3 Å². The fourth-order valence-corrected chi connectivity index (χ4v) is 3.13. The summed E-state index contributed by atoms with van der Waals surface area (Å²) in [4.78, 5) is 15.8. The minimum Gasteiger partial charge on any atom is -0.380 e. The molecule has 0 aliphatic carbocycles. The molecule has 0 saturated carbocycles.